The van der Waals surface area contributed by atoms with E-state index in [1.54, 1.807) is 46.8 Å². The number of carbonyl (C=O) groups is 5. The van der Waals surface area contributed by atoms with Crippen LogP contribution in [0.2, 0.25) is 0 Å². The van der Waals surface area contributed by atoms with E-state index in [1.165, 1.54) is 30.3 Å². The van der Waals surface area contributed by atoms with Gasteiger partial charge in [0.05, 0.1) is 11.5 Å². The number of nitrogens with zero attached hydrogens (tertiary/aromatic N) is 1. The Morgan fingerprint density at radius 1 is 0.980 bits per heavy atom. The van der Waals surface area contributed by atoms with Gasteiger partial charge >= 0.3 is 18.3 Å². The van der Waals surface area contributed by atoms with Gasteiger partial charge in [-0.1, -0.05) is 25.8 Å². The first-order valence-corrected chi connectivity index (χ1v) is 15.8. The van der Waals surface area contributed by atoms with Crippen molar-refractivity contribution < 1.29 is 47.8 Å². The Bertz CT molecular complexity index is 1580. The summed E-state index contributed by atoms with van der Waals surface area (Å²) in [7, 11) is 0. The number of non-ortho nitro benzene ring substituents is 1. The Kier molecular flexibility index (Phi) is 16.1. The SMILES string of the molecule is C#CCOCc1cc(NC(=O)[C@@H](CCCNC(N)=O)NC(=O)[C@H](NC(=O)OC(C)(C)C)C(C)C)ccc1COC(=O)Oc1ccc([N+](=O)[O-])cc1. The van der Waals surface area contributed by atoms with Gasteiger partial charge in [0.1, 0.15) is 36.6 Å². The second-order valence-corrected chi connectivity index (χ2v) is 12.4. The van der Waals surface area contributed by atoms with Crippen molar-refractivity contribution in [3.8, 4) is 18.1 Å². The molecule has 276 valence electrons. The van der Waals surface area contributed by atoms with Crippen molar-refractivity contribution in [1.29, 1.82) is 0 Å². The number of terminal acetylenes is 1. The minimum Gasteiger partial charge on any atom is -0.444 e. The number of hydrogen-bond donors (Lipinski definition) is 5. The maximum atomic E-state index is 13.6. The molecule has 2 rings (SSSR count). The lowest BCUT2D eigenvalue weighted by Gasteiger charge is -2.27. The first-order valence-electron chi connectivity index (χ1n) is 15.8. The Morgan fingerprint density at radius 2 is 1.67 bits per heavy atom. The zero-order valence-corrected chi connectivity index (χ0v) is 29.1. The van der Waals surface area contributed by atoms with Gasteiger partial charge in [0.25, 0.3) is 5.69 Å². The number of carbonyl (C=O) groups excluding carboxylic acids is 5. The Morgan fingerprint density at radius 3 is 2.25 bits per heavy atom. The van der Waals surface area contributed by atoms with Gasteiger partial charge in [-0.25, -0.2) is 14.4 Å². The van der Waals surface area contributed by atoms with Crippen LogP contribution in [0.3, 0.4) is 0 Å². The third-order valence-corrected chi connectivity index (χ3v) is 6.73. The summed E-state index contributed by atoms with van der Waals surface area (Å²) in [6, 6.07) is 6.65. The summed E-state index contributed by atoms with van der Waals surface area (Å²) in [5.74, 6) is 0.781. The molecule has 6 N–H and O–H groups in total. The van der Waals surface area contributed by atoms with Crippen LogP contribution in [-0.4, -0.2) is 65.9 Å². The topological polar surface area (TPSA) is 240 Å². The highest BCUT2D eigenvalue weighted by Gasteiger charge is 2.30. The van der Waals surface area contributed by atoms with E-state index in [9.17, 15) is 34.1 Å². The van der Waals surface area contributed by atoms with E-state index in [0.717, 1.165) is 0 Å². The molecular formula is C34H44N6O11. The average Bonchev–Trinajstić information content (AvgIpc) is 3.03. The van der Waals surface area contributed by atoms with Crippen molar-refractivity contribution >= 4 is 41.5 Å². The monoisotopic (exact) mass is 712 g/mol. The van der Waals surface area contributed by atoms with E-state index in [-0.39, 0.29) is 56.6 Å². The number of nitro groups is 1. The molecular weight excluding hydrogens is 668 g/mol. The van der Waals surface area contributed by atoms with Crippen molar-refractivity contribution in [3.63, 3.8) is 0 Å². The van der Waals surface area contributed by atoms with Crippen LogP contribution in [-0.2, 0) is 37.0 Å². The van der Waals surface area contributed by atoms with E-state index in [2.05, 4.69) is 27.2 Å². The third-order valence-electron chi connectivity index (χ3n) is 6.73. The standard InChI is InChI=1S/C34H44N6O11/c1-7-17-48-19-23-18-24(11-10-22(23)20-49-33(45)50-26-14-12-25(13-15-26)40(46)47)37-29(41)27(9-8-16-36-31(35)43)38-30(42)28(21(2)3)39-32(44)51-34(4,5)6/h1,10-15,18,21,27-28H,8-9,16-17,19-20H2,2-6H3,(H,37,41)(H,38,42)(H,39,44)(H3,35,36,43)/t27-,28-/m1/s1. The van der Waals surface area contributed by atoms with Crippen molar-refractivity contribution in [3.05, 3.63) is 63.7 Å². The number of amides is 5. The molecule has 2 aromatic carbocycles. The number of nitrogens with one attached hydrogen (secondary N) is 4. The second kappa shape index (κ2) is 19.9. The first-order chi connectivity index (χ1) is 24.0. The number of alkyl carbamates (subject to hydrolysis) is 1. The van der Waals surface area contributed by atoms with Crippen molar-refractivity contribution in [2.45, 2.75) is 78.4 Å². The molecule has 0 spiro atoms. The molecule has 0 fully saturated rings. The fraction of sp³-hybridized carbons (Fsp3) is 0.441. The summed E-state index contributed by atoms with van der Waals surface area (Å²) in [5, 5.41) is 21.3. The number of urea groups is 1. The number of anilines is 1. The van der Waals surface area contributed by atoms with Gasteiger partial charge in [-0.2, -0.15) is 0 Å². The van der Waals surface area contributed by atoms with Crippen molar-refractivity contribution in [1.82, 2.24) is 16.0 Å². The van der Waals surface area contributed by atoms with Crippen molar-refractivity contribution in [2.24, 2.45) is 11.7 Å². The van der Waals surface area contributed by atoms with Crippen LogP contribution in [0.5, 0.6) is 5.75 Å². The molecule has 2 aromatic rings. The summed E-state index contributed by atoms with van der Waals surface area (Å²) >= 11 is 0. The highest BCUT2D eigenvalue weighted by Crippen LogP contribution is 2.21. The lowest BCUT2D eigenvalue weighted by atomic mass is 10.0. The number of hydrogen-bond acceptors (Lipinski definition) is 11. The highest BCUT2D eigenvalue weighted by atomic mass is 16.7. The van der Waals surface area contributed by atoms with Gasteiger partial charge in [0.2, 0.25) is 11.8 Å². The van der Waals surface area contributed by atoms with Gasteiger partial charge in [-0.05, 0) is 74.9 Å². The minimum atomic E-state index is -1.10. The Labute approximate surface area is 295 Å². The molecule has 17 nitrogen and oxygen atoms in total. The smallest absolute Gasteiger partial charge is 0.444 e. The molecule has 0 aliphatic rings. The molecule has 0 aromatic heterocycles. The van der Waals surface area contributed by atoms with Crippen LogP contribution in [0.25, 0.3) is 0 Å². The number of nitro benzene ring substituents is 1. The summed E-state index contributed by atoms with van der Waals surface area (Å²) in [4.78, 5) is 73.1. The summed E-state index contributed by atoms with van der Waals surface area (Å²) in [6.45, 7) is 8.32. The largest absolute Gasteiger partial charge is 0.514 e. The molecule has 2 atom stereocenters. The summed E-state index contributed by atoms with van der Waals surface area (Å²) < 4.78 is 21.1. The predicted octanol–water partition coefficient (Wildman–Crippen LogP) is 3.88. The Hall–Kier alpha value is -5.89. The quantitative estimate of drug-likeness (QED) is 0.0394. The normalized spacial score (nSPS) is 12.0. The lowest BCUT2D eigenvalue weighted by molar-refractivity contribution is -0.384. The number of nitrogens with two attached hydrogens (primary N) is 1. The van der Waals surface area contributed by atoms with E-state index in [1.807, 2.05) is 0 Å². The highest BCUT2D eigenvalue weighted by molar-refractivity contribution is 5.98. The molecule has 0 unspecified atom stereocenters. The van der Waals surface area contributed by atoms with E-state index in [0.29, 0.717) is 16.8 Å². The number of rotatable bonds is 17. The van der Waals surface area contributed by atoms with Gasteiger partial charge in [-0.15, -0.1) is 6.42 Å². The van der Waals surface area contributed by atoms with E-state index < -0.39 is 52.7 Å². The van der Waals surface area contributed by atoms with E-state index >= 15 is 0 Å². The summed E-state index contributed by atoms with van der Waals surface area (Å²) in [6.07, 6.45) is 3.80. The van der Waals surface area contributed by atoms with Gasteiger partial charge < -0.3 is 45.9 Å². The zero-order chi connectivity index (χ0) is 38.1. The predicted molar refractivity (Wildman–Crippen MR) is 184 cm³/mol. The molecule has 5 amide bonds. The van der Waals surface area contributed by atoms with Gasteiger partial charge in [-0.3, -0.25) is 19.7 Å². The average molecular weight is 713 g/mol. The van der Waals surface area contributed by atoms with Crippen LogP contribution >= 0.6 is 0 Å². The minimum absolute atomic E-state index is 0.0185. The molecule has 0 aliphatic heterocycles. The maximum absolute atomic E-state index is 13.6. The second-order valence-electron chi connectivity index (χ2n) is 12.4. The molecule has 0 aliphatic carbocycles. The zero-order valence-electron chi connectivity index (χ0n) is 29.1. The van der Waals surface area contributed by atoms with Crippen molar-refractivity contribution in [2.75, 3.05) is 18.5 Å². The van der Waals surface area contributed by atoms with Gasteiger partial charge in [0, 0.05) is 24.4 Å². The maximum Gasteiger partial charge on any atom is 0.514 e. The van der Waals surface area contributed by atoms with Crippen LogP contribution < -0.4 is 31.7 Å². The van der Waals surface area contributed by atoms with E-state index in [4.69, 9.17) is 31.1 Å². The third kappa shape index (κ3) is 15.5. The van der Waals surface area contributed by atoms with Gasteiger partial charge in [0.15, 0.2) is 0 Å². The molecule has 17 heteroatoms. The molecule has 0 saturated carbocycles. The molecule has 0 radical (unpaired) electrons. The molecule has 0 bridgehead atoms. The fourth-order valence-corrected chi connectivity index (χ4v) is 4.34. The van der Waals surface area contributed by atoms with Crippen LogP contribution in [0.1, 0.15) is 58.6 Å². The molecule has 0 heterocycles. The fourth-order valence-electron chi connectivity index (χ4n) is 4.34. The van der Waals surface area contributed by atoms with Crippen LogP contribution in [0.4, 0.5) is 25.8 Å². The molecule has 51 heavy (non-hydrogen) atoms. The summed E-state index contributed by atoms with van der Waals surface area (Å²) in [5.41, 5.74) is 5.45. The first kappa shape index (κ1) is 41.3. The Balaban J connectivity index is 2.21. The lowest BCUT2D eigenvalue weighted by Crippen LogP contribution is -2.55. The number of ether oxygens (including phenoxy) is 4. The number of primary amides is 1. The molecule has 0 saturated heterocycles. The van der Waals surface area contributed by atoms with Crippen LogP contribution in [0.15, 0.2) is 42.5 Å². The number of benzene rings is 2. The van der Waals surface area contributed by atoms with Crippen LogP contribution in [0, 0.1) is 28.4 Å².